The number of nitrogens with zero attached hydrogens (tertiary/aromatic N) is 4. The smallest absolute Gasteiger partial charge is 0.277 e. The Bertz CT molecular complexity index is 665. The summed E-state index contributed by atoms with van der Waals surface area (Å²) in [4.78, 5) is 19.6. The highest BCUT2D eigenvalue weighted by Crippen LogP contribution is 2.22. The van der Waals surface area contributed by atoms with Gasteiger partial charge in [-0.05, 0) is 36.8 Å². The number of amides is 1. The van der Waals surface area contributed by atoms with Crippen LogP contribution < -0.4 is 4.90 Å². The summed E-state index contributed by atoms with van der Waals surface area (Å²) in [6.07, 6.45) is 1.71. The average Bonchev–Trinajstić information content (AvgIpc) is 2.66. The second kappa shape index (κ2) is 5.17. The van der Waals surface area contributed by atoms with E-state index in [1.807, 2.05) is 25.1 Å². The zero-order chi connectivity index (χ0) is 14.9. The number of anilines is 1. The molecule has 1 aliphatic heterocycles. The molecule has 0 saturated carbocycles. The second-order valence-electron chi connectivity index (χ2n) is 4.87. The van der Waals surface area contributed by atoms with Crippen molar-refractivity contribution in [3.8, 4) is 6.07 Å². The number of nitriles is 1. The number of carbonyl (C=O) groups is 1. The van der Waals surface area contributed by atoms with E-state index in [-0.39, 0.29) is 5.91 Å². The number of benzene rings is 1. The minimum absolute atomic E-state index is 0.128. The van der Waals surface area contributed by atoms with Crippen LogP contribution in [0.4, 0.5) is 5.69 Å². The zero-order valence-electron chi connectivity index (χ0n) is 12.0. The van der Waals surface area contributed by atoms with Crippen LogP contribution in [0.25, 0.3) is 6.08 Å². The fraction of sp³-hybridized carbons (Fsp3) is 0.267. The van der Waals surface area contributed by atoms with Crippen LogP contribution in [-0.2, 0) is 4.79 Å². The number of hydrogen-bond donors (Lipinski definition) is 0. The number of likely N-dealkylation sites (N-methyl/N-ethyl adjacent to an activating group) is 1. The summed E-state index contributed by atoms with van der Waals surface area (Å²) in [6, 6.07) is 7.60. The number of rotatable bonds is 2. The van der Waals surface area contributed by atoms with Crippen LogP contribution in [0.15, 0.2) is 28.9 Å². The van der Waals surface area contributed by atoms with Crippen molar-refractivity contribution >= 4 is 23.5 Å². The van der Waals surface area contributed by atoms with Gasteiger partial charge in [-0.2, -0.15) is 5.26 Å². The molecule has 0 aromatic heterocycles. The molecule has 0 aliphatic carbocycles. The van der Waals surface area contributed by atoms with Crippen molar-refractivity contribution in [3.05, 3.63) is 35.0 Å². The van der Waals surface area contributed by atoms with Gasteiger partial charge in [0, 0.05) is 26.8 Å². The topological polar surface area (TPSA) is 59.7 Å². The molecule has 0 saturated heterocycles. The van der Waals surface area contributed by atoms with Crippen LogP contribution in [0.2, 0.25) is 0 Å². The lowest BCUT2D eigenvalue weighted by Crippen LogP contribution is -2.25. The standard InChI is InChI=1S/C15H16N4O/c1-10-17-14(15(20)19(10)4)8-11-5-12(9-16)7-13(6-11)18(2)3/h5-8H,1-4H3/b14-8-. The molecule has 0 spiro atoms. The van der Waals surface area contributed by atoms with E-state index in [2.05, 4.69) is 11.1 Å². The number of carbonyl (C=O) groups excluding carboxylic acids is 1. The number of hydrogen-bond acceptors (Lipinski definition) is 4. The molecule has 0 unspecified atom stereocenters. The van der Waals surface area contributed by atoms with Gasteiger partial charge in [-0.15, -0.1) is 0 Å². The van der Waals surface area contributed by atoms with Gasteiger partial charge in [0.25, 0.3) is 5.91 Å². The largest absolute Gasteiger partial charge is 0.378 e. The lowest BCUT2D eigenvalue weighted by Gasteiger charge is -2.13. The summed E-state index contributed by atoms with van der Waals surface area (Å²) in [5.41, 5.74) is 2.66. The Morgan fingerprint density at radius 2 is 2.05 bits per heavy atom. The molecule has 0 N–H and O–H groups in total. The summed E-state index contributed by atoms with van der Waals surface area (Å²) < 4.78 is 0. The zero-order valence-corrected chi connectivity index (χ0v) is 12.0. The molecule has 0 bridgehead atoms. The van der Waals surface area contributed by atoms with E-state index < -0.39 is 0 Å². The van der Waals surface area contributed by atoms with E-state index in [9.17, 15) is 4.79 Å². The van der Waals surface area contributed by atoms with Gasteiger partial charge in [0.1, 0.15) is 11.5 Å². The molecule has 5 heteroatoms. The van der Waals surface area contributed by atoms with E-state index in [0.29, 0.717) is 17.1 Å². The Balaban J connectivity index is 2.47. The first kappa shape index (κ1) is 13.8. The van der Waals surface area contributed by atoms with Gasteiger partial charge in [-0.3, -0.25) is 9.69 Å². The minimum Gasteiger partial charge on any atom is -0.378 e. The molecule has 5 nitrogen and oxygen atoms in total. The van der Waals surface area contributed by atoms with Gasteiger partial charge in [-0.1, -0.05) is 0 Å². The van der Waals surface area contributed by atoms with Crippen molar-refractivity contribution in [1.29, 1.82) is 5.26 Å². The normalized spacial score (nSPS) is 16.4. The SMILES string of the molecule is CC1=N/C(=C\c2cc(C#N)cc(N(C)C)c2)C(=O)N1C. The first-order chi connectivity index (χ1) is 9.42. The quantitative estimate of drug-likeness (QED) is 0.769. The maximum atomic E-state index is 12.0. The fourth-order valence-electron chi connectivity index (χ4n) is 1.91. The average molecular weight is 268 g/mol. The summed E-state index contributed by atoms with van der Waals surface area (Å²) in [7, 11) is 5.51. The lowest BCUT2D eigenvalue weighted by molar-refractivity contribution is -0.121. The number of amidine groups is 1. The molecule has 20 heavy (non-hydrogen) atoms. The lowest BCUT2D eigenvalue weighted by atomic mass is 10.1. The Labute approximate surface area is 118 Å². The Morgan fingerprint density at radius 1 is 1.35 bits per heavy atom. The Morgan fingerprint density at radius 3 is 2.55 bits per heavy atom. The van der Waals surface area contributed by atoms with Crippen molar-refractivity contribution in [2.75, 3.05) is 26.0 Å². The third-order valence-corrected chi connectivity index (χ3v) is 3.18. The fourth-order valence-corrected chi connectivity index (χ4v) is 1.91. The van der Waals surface area contributed by atoms with E-state index in [0.717, 1.165) is 11.3 Å². The van der Waals surface area contributed by atoms with Gasteiger partial charge in [0.15, 0.2) is 0 Å². The van der Waals surface area contributed by atoms with Crippen molar-refractivity contribution in [1.82, 2.24) is 4.90 Å². The molecule has 102 valence electrons. The predicted octanol–water partition coefficient (Wildman–Crippen LogP) is 1.86. The number of aliphatic imine (C=N–C) groups is 1. The van der Waals surface area contributed by atoms with E-state index >= 15 is 0 Å². The maximum Gasteiger partial charge on any atom is 0.277 e. The monoisotopic (exact) mass is 268 g/mol. The van der Waals surface area contributed by atoms with Crippen LogP contribution >= 0.6 is 0 Å². The maximum absolute atomic E-state index is 12.0. The van der Waals surface area contributed by atoms with Crippen LogP contribution in [0.1, 0.15) is 18.1 Å². The molecule has 2 rings (SSSR count). The highest BCUT2D eigenvalue weighted by molar-refractivity contribution is 6.13. The molecular weight excluding hydrogens is 252 g/mol. The van der Waals surface area contributed by atoms with Gasteiger partial charge < -0.3 is 4.90 Å². The molecule has 0 fully saturated rings. The molecule has 1 amide bonds. The molecule has 1 heterocycles. The molecule has 0 radical (unpaired) electrons. The molecule has 0 atom stereocenters. The van der Waals surface area contributed by atoms with Crippen molar-refractivity contribution in [3.63, 3.8) is 0 Å². The van der Waals surface area contributed by atoms with Gasteiger partial charge in [0.2, 0.25) is 0 Å². The van der Waals surface area contributed by atoms with Crippen LogP contribution in [-0.4, -0.2) is 37.8 Å². The van der Waals surface area contributed by atoms with Crippen LogP contribution in [0.5, 0.6) is 0 Å². The minimum atomic E-state index is -0.128. The third-order valence-electron chi connectivity index (χ3n) is 3.18. The molecule has 1 aliphatic rings. The van der Waals surface area contributed by atoms with Crippen molar-refractivity contribution in [2.45, 2.75) is 6.92 Å². The summed E-state index contributed by atoms with van der Waals surface area (Å²) in [5.74, 6) is 0.543. The first-order valence-electron chi connectivity index (χ1n) is 6.20. The third kappa shape index (κ3) is 2.54. The van der Waals surface area contributed by atoms with Gasteiger partial charge >= 0.3 is 0 Å². The van der Waals surface area contributed by atoms with Gasteiger partial charge in [0.05, 0.1) is 11.6 Å². The van der Waals surface area contributed by atoms with Crippen molar-refractivity contribution < 1.29 is 4.79 Å². The Hall–Kier alpha value is -2.61. The highest BCUT2D eigenvalue weighted by Gasteiger charge is 2.23. The Kier molecular flexibility index (Phi) is 3.57. The second-order valence-corrected chi connectivity index (χ2v) is 4.87. The molecule has 1 aromatic rings. The van der Waals surface area contributed by atoms with Crippen molar-refractivity contribution in [2.24, 2.45) is 4.99 Å². The van der Waals surface area contributed by atoms with Gasteiger partial charge in [-0.25, -0.2) is 4.99 Å². The molecule has 1 aromatic carbocycles. The van der Waals surface area contributed by atoms with E-state index in [4.69, 9.17) is 5.26 Å². The highest BCUT2D eigenvalue weighted by atomic mass is 16.2. The summed E-state index contributed by atoms with van der Waals surface area (Å²) in [5, 5.41) is 9.07. The summed E-state index contributed by atoms with van der Waals surface area (Å²) >= 11 is 0. The van der Waals surface area contributed by atoms with E-state index in [1.165, 1.54) is 4.90 Å². The van der Waals surface area contributed by atoms with E-state index in [1.54, 1.807) is 32.2 Å². The summed E-state index contributed by atoms with van der Waals surface area (Å²) in [6.45, 7) is 1.79. The molecular formula is C15H16N4O. The van der Waals surface area contributed by atoms with Crippen LogP contribution in [0.3, 0.4) is 0 Å². The first-order valence-corrected chi connectivity index (χ1v) is 6.20. The predicted molar refractivity (Wildman–Crippen MR) is 79.3 cm³/mol. The van der Waals surface area contributed by atoms with Crippen LogP contribution in [0, 0.1) is 11.3 Å².